The van der Waals surface area contributed by atoms with Gasteiger partial charge in [0.25, 0.3) is 0 Å². The van der Waals surface area contributed by atoms with E-state index < -0.39 is 11.0 Å². The molecular formula is C22H19N4O2S+. The minimum atomic E-state index is -1.54. The van der Waals surface area contributed by atoms with E-state index in [0.29, 0.717) is 4.17 Å². The van der Waals surface area contributed by atoms with Crippen molar-refractivity contribution in [1.82, 2.24) is 15.0 Å². The summed E-state index contributed by atoms with van der Waals surface area (Å²) >= 11 is 0. The van der Waals surface area contributed by atoms with E-state index in [2.05, 4.69) is 9.97 Å². The van der Waals surface area contributed by atoms with Crippen molar-refractivity contribution in [3.63, 3.8) is 0 Å². The molecule has 7 heteroatoms. The number of aromatic amines is 1. The number of pyridine rings is 1. The second-order valence-corrected chi connectivity index (χ2v) is 7.78. The van der Waals surface area contributed by atoms with Gasteiger partial charge < -0.3 is 4.98 Å². The van der Waals surface area contributed by atoms with Crippen LogP contribution in [-0.4, -0.2) is 29.6 Å². The summed E-state index contributed by atoms with van der Waals surface area (Å²) < 4.78 is 11.8. The molecule has 0 saturated carbocycles. The molecule has 0 bridgehead atoms. The van der Waals surface area contributed by atoms with Gasteiger partial charge in [0, 0.05) is 39.6 Å². The molecule has 0 amide bonds. The Morgan fingerprint density at radius 3 is 2.24 bits per heavy atom. The van der Waals surface area contributed by atoms with Crippen LogP contribution < -0.4 is 0 Å². The maximum atomic E-state index is 11.7. The number of rotatable bonds is 6. The lowest BCUT2D eigenvalue weighted by Gasteiger charge is -2.03. The quantitative estimate of drug-likeness (QED) is 0.485. The highest BCUT2D eigenvalue weighted by Gasteiger charge is 2.17. The lowest BCUT2D eigenvalue weighted by Crippen LogP contribution is -2.09. The zero-order valence-electron chi connectivity index (χ0n) is 15.8. The first-order valence-electron chi connectivity index (χ1n) is 9.05. The Balaban J connectivity index is 1.75. The third-order valence-corrected chi connectivity index (χ3v) is 5.25. The van der Waals surface area contributed by atoms with Crippen LogP contribution in [0, 0.1) is 4.91 Å². The Labute approximate surface area is 170 Å². The summed E-state index contributed by atoms with van der Waals surface area (Å²) in [7, 11) is -1.54. The number of H-pyrrole nitrogens is 1. The maximum absolute atomic E-state index is 11.7. The van der Waals surface area contributed by atoms with Crippen molar-refractivity contribution in [2.45, 2.75) is 6.54 Å². The monoisotopic (exact) mass is 403 g/mol. The highest BCUT2D eigenvalue weighted by atomic mass is 32.2. The Hall–Kier alpha value is -3.45. The van der Waals surface area contributed by atoms with Gasteiger partial charge >= 0.3 is 11.0 Å². The van der Waals surface area contributed by atoms with E-state index in [4.69, 9.17) is 4.98 Å². The van der Waals surface area contributed by atoms with Gasteiger partial charge in [0.05, 0.1) is 21.8 Å². The Kier molecular flexibility index (Phi) is 5.39. The average molecular weight is 403 g/mol. The number of nitrogens with zero attached hydrogens (tertiary/aromatic N) is 3. The van der Waals surface area contributed by atoms with Crippen molar-refractivity contribution >= 4 is 11.0 Å². The van der Waals surface area contributed by atoms with Gasteiger partial charge in [-0.1, -0.05) is 54.6 Å². The molecule has 4 aromatic rings. The summed E-state index contributed by atoms with van der Waals surface area (Å²) in [6.45, 7) is 0.0798. The molecule has 144 valence electrons. The molecule has 6 nitrogen and oxygen atoms in total. The van der Waals surface area contributed by atoms with E-state index >= 15 is 0 Å². The van der Waals surface area contributed by atoms with Gasteiger partial charge in [-0.05, 0) is 12.1 Å². The van der Waals surface area contributed by atoms with Crippen molar-refractivity contribution in [2.24, 2.45) is 0 Å². The average Bonchev–Trinajstić information content (AvgIpc) is 3.21. The third-order valence-electron chi connectivity index (χ3n) is 4.55. The Morgan fingerprint density at radius 1 is 0.897 bits per heavy atom. The van der Waals surface area contributed by atoms with Crippen LogP contribution in [0.1, 0.15) is 5.56 Å². The van der Waals surface area contributed by atoms with Gasteiger partial charge in [-0.2, -0.15) is 4.21 Å². The fourth-order valence-corrected chi connectivity index (χ4v) is 3.38. The van der Waals surface area contributed by atoms with Crippen LogP contribution in [0.2, 0.25) is 0 Å². The number of nitroso groups, excluding NO2 is 1. The molecule has 0 fully saturated rings. The number of aromatic nitrogens is 3. The molecule has 4 rings (SSSR count). The normalized spacial score (nSPS) is 11.9. The molecule has 0 spiro atoms. The zero-order valence-corrected chi connectivity index (χ0v) is 16.6. The van der Waals surface area contributed by atoms with Crippen LogP contribution in [-0.2, 0) is 17.5 Å². The summed E-state index contributed by atoms with van der Waals surface area (Å²) in [5.41, 5.74) is 5.43. The first-order valence-corrected chi connectivity index (χ1v) is 10.6. The van der Waals surface area contributed by atoms with E-state index in [1.165, 1.54) is 6.26 Å². The van der Waals surface area contributed by atoms with Crippen LogP contribution in [0.3, 0.4) is 0 Å². The summed E-state index contributed by atoms with van der Waals surface area (Å²) in [6, 6.07) is 21.4. The lowest BCUT2D eigenvalue weighted by atomic mass is 10.0. The Bertz CT molecular complexity index is 1160. The second-order valence-electron chi connectivity index (χ2n) is 6.52. The predicted molar refractivity (Wildman–Crippen MR) is 114 cm³/mol. The molecule has 1 N–H and O–H groups in total. The summed E-state index contributed by atoms with van der Waals surface area (Å²) in [5.74, 6) is 0.781. The van der Waals surface area contributed by atoms with Gasteiger partial charge in [-0.15, -0.1) is 0 Å². The standard InChI is InChI=1S/C22H19N4O2S/c1-29(28)26(27)15-16-7-9-17(10-8-16)20-21(18-11-13-23-14-12-18)25-22(24-20)19-5-3-2-4-6-19/h2-14H,15H2,1H3,(H,24,25)/q+1. The van der Waals surface area contributed by atoms with Crippen molar-refractivity contribution in [3.05, 3.63) is 89.6 Å². The van der Waals surface area contributed by atoms with Gasteiger partial charge in [0.15, 0.2) is 0 Å². The fourth-order valence-electron chi connectivity index (χ4n) is 3.05. The van der Waals surface area contributed by atoms with Crippen LogP contribution in [0.25, 0.3) is 33.9 Å². The Morgan fingerprint density at radius 2 is 1.59 bits per heavy atom. The van der Waals surface area contributed by atoms with E-state index in [1.807, 2.05) is 66.7 Å². The number of nitrogens with one attached hydrogen (secondary N) is 1. The zero-order chi connectivity index (χ0) is 20.2. The third kappa shape index (κ3) is 4.20. The molecular weight excluding hydrogens is 384 g/mol. The van der Waals surface area contributed by atoms with Crippen molar-refractivity contribution in [2.75, 3.05) is 6.26 Å². The van der Waals surface area contributed by atoms with Gasteiger partial charge in [0.1, 0.15) is 5.82 Å². The van der Waals surface area contributed by atoms with Crippen LogP contribution in [0.5, 0.6) is 0 Å². The van der Waals surface area contributed by atoms with Gasteiger partial charge in [-0.3, -0.25) is 4.98 Å². The largest absolute Gasteiger partial charge is 0.337 e. The summed E-state index contributed by atoms with van der Waals surface area (Å²) in [6.07, 6.45) is 4.87. The van der Waals surface area contributed by atoms with Crippen molar-refractivity contribution in [3.8, 4) is 33.9 Å². The number of hydrogen-bond acceptors (Lipinski definition) is 4. The van der Waals surface area contributed by atoms with Crippen molar-refractivity contribution in [1.29, 1.82) is 0 Å². The minimum absolute atomic E-state index is 0.0798. The fraction of sp³-hybridized carbons (Fsp3) is 0.0909. The van der Waals surface area contributed by atoms with Gasteiger partial charge in [0.2, 0.25) is 6.54 Å². The molecule has 0 aliphatic heterocycles. The molecule has 2 heterocycles. The van der Waals surface area contributed by atoms with Crippen LogP contribution >= 0.6 is 0 Å². The van der Waals surface area contributed by atoms with Crippen LogP contribution in [0.15, 0.2) is 79.1 Å². The first kappa shape index (κ1) is 18.9. The molecule has 0 saturated heterocycles. The minimum Gasteiger partial charge on any atom is -0.337 e. The molecule has 0 aliphatic rings. The summed E-state index contributed by atoms with van der Waals surface area (Å²) in [5, 5.41) is 0. The molecule has 1 unspecified atom stereocenters. The molecule has 2 aromatic heterocycles. The van der Waals surface area contributed by atoms with E-state index in [9.17, 15) is 9.12 Å². The van der Waals surface area contributed by atoms with E-state index in [0.717, 1.165) is 39.5 Å². The second kappa shape index (κ2) is 8.28. The van der Waals surface area contributed by atoms with E-state index in [1.54, 1.807) is 12.4 Å². The van der Waals surface area contributed by atoms with Crippen molar-refractivity contribution < 1.29 is 8.37 Å². The number of benzene rings is 2. The smallest absolute Gasteiger partial charge is 0.326 e. The van der Waals surface area contributed by atoms with Crippen LogP contribution in [0.4, 0.5) is 0 Å². The SMILES string of the molecule is CS(=O)[N+](=O)Cc1ccc(-c2nc(-c3ccccc3)[nH]c2-c2ccncc2)cc1. The number of imidazole rings is 1. The molecule has 1 atom stereocenters. The lowest BCUT2D eigenvalue weighted by molar-refractivity contribution is -0.398. The molecule has 29 heavy (non-hydrogen) atoms. The topological polar surface area (TPSA) is 78.7 Å². The highest BCUT2D eigenvalue weighted by molar-refractivity contribution is 7.77. The molecule has 0 radical (unpaired) electrons. The first-order chi connectivity index (χ1) is 14.1. The summed E-state index contributed by atoms with van der Waals surface area (Å²) in [4.78, 5) is 24.0. The molecule has 2 aromatic carbocycles. The van der Waals surface area contributed by atoms with Gasteiger partial charge in [-0.25, -0.2) is 4.98 Å². The number of hydrogen-bond donors (Lipinski definition) is 1. The predicted octanol–water partition coefficient (Wildman–Crippen LogP) is 4.38. The maximum Gasteiger partial charge on any atom is 0.326 e. The van der Waals surface area contributed by atoms with E-state index in [-0.39, 0.29) is 6.54 Å². The molecule has 0 aliphatic carbocycles. The highest BCUT2D eigenvalue weighted by Crippen LogP contribution is 2.32.